The number of carbonyl (C=O) groups is 1. The van der Waals surface area contributed by atoms with Crippen molar-refractivity contribution in [2.75, 3.05) is 6.61 Å². The average Bonchev–Trinajstić information content (AvgIpc) is 2.85. The smallest absolute Gasteiger partial charge is 0.344 e. The maximum atomic E-state index is 10.7. The molecule has 6 atom stereocenters. The molecular formula is C20H25NO6. The first-order chi connectivity index (χ1) is 12.8. The van der Waals surface area contributed by atoms with E-state index in [2.05, 4.69) is 12.1 Å². The Bertz CT molecular complexity index is 793. The van der Waals surface area contributed by atoms with Gasteiger partial charge in [-0.25, -0.2) is 4.79 Å². The molecule has 7 nitrogen and oxygen atoms in total. The molecule has 0 bridgehead atoms. The van der Waals surface area contributed by atoms with Crippen LogP contribution in [0.3, 0.4) is 0 Å². The van der Waals surface area contributed by atoms with Crippen molar-refractivity contribution in [3.05, 3.63) is 29.3 Å². The molecule has 146 valence electrons. The van der Waals surface area contributed by atoms with Crippen molar-refractivity contribution < 1.29 is 30.1 Å². The number of oxime groups is 1. The predicted octanol–water partition coefficient (Wildman–Crippen LogP) is 1.84. The van der Waals surface area contributed by atoms with Crippen molar-refractivity contribution in [1.29, 1.82) is 0 Å². The highest BCUT2D eigenvalue weighted by atomic mass is 16.6. The summed E-state index contributed by atoms with van der Waals surface area (Å²) >= 11 is 0. The van der Waals surface area contributed by atoms with Gasteiger partial charge in [-0.1, -0.05) is 18.1 Å². The summed E-state index contributed by atoms with van der Waals surface area (Å²) in [6.07, 6.45) is 1.40. The average molecular weight is 375 g/mol. The van der Waals surface area contributed by atoms with E-state index in [0.29, 0.717) is 18.6 Å². The number of hydrogen-bond donors (Lipinski definition) is 4. The van der Waals surface area contributed by atoms with Gasteiger partial charge < -0.3 is 25.3 Å². The minimum atomic E-state index is -1.10. The number of carboxylic acid groups (broad SMARTS) is 1. The van der Waals surface area contributed by atoms with Crippen LogP contribution < -0.4 is 0 Å². The Hall–Kier alpha value is -2.12. The van der Waals surface area contributed by atoms with Crippen LogP contribution in [0.15, 0.2) is 23.4 Å². The number of aliphatic hydroxyl groups is 2. The summed E-state index contributed by atoms with van der Waals surface area (Å²) in [6.45, 7) is 1.53. The Kier molecular flexibility index (Phi) is 4.39. The lowest BCUT2D eigenvalue weighted by atomic mass is 9.55. The first-order valence-electron chi connectivity index (χ1n) is 9.41. The molecule has 0 amide bonds. The molecule has 0 aliphatic heterocycles. The summed E-state index contributed by atoms with van der Waals surface area (Å²) in [5, 5.41) is 43.6. The third-order valence-electron chi connectivity index (χ3n) is 6.95. The van der Waals surface area contributed by atoms with Crippen molar-refractivity contribution in [3.63, 3.8) is 0 Å². The van der Waals surface area contributed by atoms with Crippen LogP contribution in [-0.2, 0) is 9.63 Å². The summed E-state index contributed by atoms with van der Waals surface area (Å²) in [6, 6.07) is 5.21. The fourth-order valence-electron chi connectivity index (χ4n) is 5.65. The zero-order valence-corrected chi connectivity index (χ0v) is 15.2. The highest BCUT2D eigenvalue weighted by Gasteiger charge is 2.58. The van der Waals surface area contributed by atoms with Gasteiger partial charge in [-0.15, -0.1) is 0 Å². The number of aliphatic carboxylic acids is 1. The van der Waals surface area contributed by atoms with E-state index >= 15 is 0 Å². The molecule has 7 heteroatoms. The van der Waals surface area contributed by atoms with E-state index in [9.17, 15) is 20.1 Å². The molecule has 0 heterocycles. The molecule has 2 saturated carbocycles. The van der Waals surface area contributed by atoms with Crippen LogP contribution in [0.1, 0.15) is 49.7 Å². The fourth-order valence-corrected chi connectivity index (χ4v) is 5.65. The number of nitrogens with zero attached hydrogens (tertiary/aromatic N) is 1. The molecule has 1 aromatic carbocycles. The molecule has 27 heavy (non-hydrogen) atoms. The molecule has 4 N–H and O–H groups in total. The number of rotatable bonds is 3. The van der Waals surface area contributed by atoms with E-state index in [-0.39, 0.29) is 28.9 Å². The summed E-state index contributed by atoms with van der Waals surface area (Å²) in [5.41, 5.74) is 2.15. The predicted molar refractivity (Wildman–Crippen MR) is 96.5 cm³/mol. The molecule has 0 saturated heterocycles. The van der Waals surface area contributed by atoms with Gasteiger partial charge in [0.1, 0.15) is 5.75 Å². The molecule has 2 fully saturated rings. The molecule has 3 unspecified atom stereocenters. The second kappa shape index (κ2) is 6.49. The number of aromatic hydroxyl groups is 1. The zero-order chi connectivity index (χ0) is 19.3. The van der Waals surface area contributed by atoms with E-state index in [1.807, 2.05) is 6.07 Å². The quantitative estimate of drug-likeness (QED) is 0.599. The van der Waals surface area contributed by atoms with Crippen LogP contribution in [0.4, 0.5) is 0 Å². The second-order valence-electron chi connectivity index (χ2n) is 8.35. The van der Waals surface area contributed by atoms with E-state index in [1.54, 1.807) is 12.1 Å². The molecule has 4 rings (SSSR count). The highest BCUT2D eigenvalue weighted by molar-refractivity contribution is 6.03. The lowest BCUT2D eigenvalue weighted by Crippen LogP contribution is -2.45. The molecule has 3 aliphatic rings. The summed E-state index contributed by atoms with van der Waals surface area (Å²) in [7, 11) is 0. The number of benzene rings is 1. The number of phenols is 1. The Morgan fingerprint density at radius 1 is 1.37 bits per heavy atom. The van der Waals surface area contributed by atoms with Crippen molar-refractivity contribution >= 4 is 11.7 Å². The van der Waals surface area contributed by atoms with Gasteiger partial charge in [0.05, 0.1) is 17.9 Å². The van der Waals surface area contributed by atoms with Crippen LogP contribution >= 0.6 is 0 Å². The monoisotopic (exact) mass is 375 g/mol. The maximum absolute atomic E-state index is 10.7. The van der Waals surface area contributed by atoms with Crippen molar-refractivity contribution in [3.8, 4) is 5.75 Å². The first kappa shape index (κ1) is 18.3. The minimum Gasteiger partial charge on any atom is -0.508 e. The van der Waals surface area contributed by atoms with Gasteiger partial charge in [0.25, 0.3) is 0 Å². The van der Waals surface area contributed by atoms with Crippen LogP contribution in [0.2, 0.25) is 0 Å². The third-order valence-corrected chi connectivity index (χ3v) is 6.95. The highest BCUT2D eigenvalue weighted by Crippen LogP contribution is 2.61. The Balaban J connectivity index is 1.73. The number of carboxylic acids is 1. The zero-order valence-electron chi connectivity index (χ0n) is 15.2. The molecule has 0 radical (unpaired) electrons. The maximum Gasteiger partial charge on any atom is 0.344 e. The lowest BCUT2D eigenvalue weighted by Gasteiger charge is -2.49. The summed E-state index contributed by atoms with van der Waals surface area (Å²) < 4.78 is 0. The van der Waals surface area contributed by atoms with E-state index in [0.717, 1.165) is 24.0 Å². The number of aliphatic hydroxyl groups excluding tert-OH is 2. The van der Waals surface area contributed by atoms with Gasteiger partial charge >= 0.3 is 5.97 Å². The molecule has 0 spiro atoms. The van der Waals surface area contributed by atoms with Crippen molar-refractivity contribution in [1.82, 2.24) is 0 Å². The Morgan fingerprint density at radius 2 is 2.15 bits per heavy atom. The van der Waals surface area contributed by atoms with Crippen LogP contribution in [0.5, 0.6) is 5.75 Å². The Labute approximate surface area is 157 Å². The Morgan fingerprint density at radius 3 is 2.89 bits per heavy atom. The largest absolute Gasteiger partial charge is 0.508 e. The van der Waals surface area contributed by atoms with Gasteiger partial charge in [0.15, 0.2) is 0 Å². The summed E-state index contributed by atoms with van der Waals surface area (Å²) in [5.74, 6) is -0.385. The topological polar surface area (TPSA) is 120 Å². The number of hydrogen-bond acceptors (Lipinski definition) is 6. The van der Waals surface area contributed by atoms with Gasteiger partial charge in [-0.3, -0.25) is 0 Å². The number of phenolic OH excluding ortho intramolecular Hbond substituents is 1. The molecular weight excluding hydrogens is 350 g/mol. The van der Waals surface area contributed by atoms with Gasteiger partial charge in [-0.2, -0.15) is 0 Å². The van der Waals surface area contributed by atoms with E-state index in [4.69, 9.17) is 9.94 Å². The van der Waals surface area contributed by atoms with Gasteiger partial charge in [-0.05, 0) is 66.5 Å². The number of fused-ring (bicyclic) bond motifs is 5. The van der Waals surface area contributed by atoms with E-state index < -0.39 is 24.8 Å². The lowest BCUT2D eigenvalue weighted by molar-refractivity contribution is -0.142. The van der Waals surface area contributed by atoms with Crippen molar-refractivity contribution in [2.24, 2.45) is 22.4 Å². The van der Waals surface area contributed by atoms with Gasteiger partial charge in [0.2, 0.25) is 6.61 Å². The standard InChI is InChI=1S/C20H25NO6/c1-20-5-4-12-11-3-2-10(22)6-14(11)16(21-27-9-18(24)25)7-13(12)15(20)8-17(23)19(20)26/h2-3,6,12-13,15,17,19,22-23,26H,4-5,7-9H2,1H3,(H,24,25)/b21-16-/t12?,13?,15?,17-,19+,20+/m1/s1. The van der Waals surface area contributed by atoms with Crippen molar-refractivity contribution in [2.45, 2.75) is 50.7 Å². The molecule has 1 aromatic rings. The van der Waals surface area contributed by atoms with Crippen LogP contribution in [-0.4, -0.2) is 50.9 Å². The minimum absolute atomic E-state index is 0.130. The second-order valence-corrected chi connectivity index (χ2v) is 8.35. The molecule has 3 aliphatic carbocycles. The molecule has 0 aromatic heterocycles. The van der Waals surface area contributed by atoms with E-state index in [1.165, 1.54) is 0 Å². The van der Waals surface area contributed by atoms with Gasteiger partial charge in [0, 0.05) is 5.56 Å². The normalized spacial score (nSPS) is 38.8. The SMILES string of the molecule is C[C@]12CCC3c4ccc(O)cc4/C(=N\OCC(=O)O)CC3C1C[C@@H](O)[C@@H]2O. The fraction of sp³-hybridized carbons (Fsp3) is 0.600. The summed E-state index contributed by atoms with van der Waals surface area (Å²) in [4.78, 5) is 15.7. The van der Waals surface area contributed by atoms with Crippen LogP contribution in [0, 0.1) is 17.3 Å². The third kappa shape index (κ3) is 2.89. The first-order valence-corrected chi connectivity index (χ1v) is 9.41. The van der Waals surface area contributed by atoms with Crippen LogP contribution in [0.25, 0.3) is 0 Å².